The number of rotatable bonds is 3. The average Bonchev–Trinajstić information content (AvgIpc) is 2.49. The molecule has 0 spiro atoms. The molecule has 0 bridgehead atoms. The van der Waals surface area contributed by atoms with Crippen molar-refractivity contribution < 1.29 is 18.3 Å². The van der Waals surface area contributed by atoms with Gasteiger partial charge in [-0.15, -0.1) is 0 Å². The molecule has 0 amide bonds. The highest BCUT2D eigenvalue weighted by molar-refractivity contribution is 7.89. The number of hydrogen-bond donors (Lipinski definition) is 1. The van der Waals surface area contributed by atoms with Crippen LogP contribution in [0.5, 0.6) is 0 Å². The van der Waals surface area contributed by atoms with E-state index in [-0.39, 0.29) is 0 Å². The van der Waals surface area contributed by atoms with Gasteiger partial charge >= 0.3 is 5.97 Å². The maximum Gasteiger partial charge on any atom is 0.320 e. The lowest BCUT2D eigenvalue weighted by Crippen LogP contribution is -2.37. The Labute approximate surface area is 106 Å². The minimum Gasteiger partial charge on any atom is -0.480 e. The fourth-order valence-electron chi connectivity index (χ4n) is 2.17. The summed E-state index contributed by atoms with van der Waals surface area (Å²) in [6.07, 6.45) is 1.27. The van der Waals surface area contributed by atoms with Crippen LogP contribution >= 0.6 is 0 Å². The maximum absolute atomic E-state index is 11.8. The van der Waals surface area contributed by atoms with E-state index in [2.05, 4.69) is 0 Å². The van der Waals surface area contributed by atoms with E-state index in [1.54, 1.807) is 0 Å². The van der Waals surface area contributed by atoms with Gasteiger partial charge in [-0.3, -0.25) is 4.79 Å². The van der Waals surface area contributed by atoms with E-state index in [0.717, 1.165) is 11.1 Å². The molecule has 1 aromatic rings. The summed E-state index contributed by atoms with van der Waals surface area (Å²) < 4.78 is 25.0. The molecular weight excluding hydrogens is 254 g/mol. The Morgan fingerprint density at radius 3 is 2.11 bits per heavy atom. The minimum atomic E-state index is -3.69. The van der Waals surface area contributed by atoms with Gasteiger partial charge in [0.25, 0.3) is 0 Å². The predicted molar refractivity (Wildman–Crippen MR) is 66.8 cm³/mol. The van der Waals surface area contributed by atoms with Crippen molar-refractivity contribution in [3.63, 3.8) is 0 Å². The van der Waals surface area contributed by atoms with Crippen LogP contribution in [-0.2, 0) is 27.7 Å². The molecule has 0 radical (unpaired) electrons. The van der Waals surface area contributed by atoms with Gasteiger partial charge in [-0.2, -0.15) is 0 Å². The number of carboxylic acid groups (broad SMARTS) is 1. The van der Waals surface area contributed by atoms with Crippen LogP contribution in [0.15, 0.2) is 24.3 Å². The third-order valence-electron chi connectivity index (χ3n) is 3.08. The van der Waals surface area contributed by atoms with Gasteiger partial charge in [0.2, 0.25) is 10.0 Å². The zero-order chi connectivity index (χ0) is 13.2. The topological polar surface area (TPSA) is 74.7 Å². The van der Waals surface area contributed by atoms with E-state index in [4.69, 9.17) is 5.11 Å². The molecule has 6 heteroatoms. The summed E-state index contributed by atoms with van der Waals surface area (Å²) in [6, 6.07) is 7.84. The number of carbonyl (C=O) groups is 1. The van der Waals surface area contributed by atoms with Crippen LogP contribution in [0, 0.1) is 0 Å². The van der Waals surface area contributed by atoms with Crippen molar-refractivity contribution >= 4 is 16.0 Å². The molecule has 98 valence electrons. The molecule has 0 saturated heterocycles. The SMILES string of the molecule is O=C(O)CS(=O)(=O)N1CCc2ccccc2CC1. The monoisotopic (exact) mass is 269 g/mol. The number of sulfonamides is 1. The number of hydrogen-bond acceptors (Lipinski definition) is 3. The van der Waals surface area contributed by atoms with Gasteiger partial charge in [-0.1, -0.05) is 24.3 Å². The first kappa shape index (κ1) is 13.0. The molecule has 0 aliphatic carbocycles. The van der Waals surface area contributed by atoms with Gasteiger partial charge in [0.15, 0.2) is 5.75 Å². The Morgan fingerprint density at radius 2 is 1.67 bits per heavy atom. The van der Waals surface area contributed by atoms with Crippen molar-refractivity contribution in [3.05, 3.63) is 35.4 Å². The molecule has 0 aromatic heterocycles. The molecule has 0 saturated carbocycles. The molecule has 1 aliphatic heterocycles. The molecule has 5 nitrogen and oxygen atoms in total. The van der Waals surface area contributed by atoms with E-state index < -0.39 is 21.7 Å². The van der Waals surface area contributed by atoms with Crippen LogP contribution < -0.4 is 0 Å². The Kier molecular flexibility index (Phi) is 3.68. The van der Waals surface area contributed by atoms with Crippen molar-refractivity contribution in [2.45, 2.75) is 12.8 Å². The van der Waals surface area contributed by atoms with Crippen molar-refractivity contribution in [1.29, 1.82) is 0 Å². The van der Waals surface area contributed by atoms with Crippen LogP contribution in [0.4, 0.5) is 0 Å². The lowest BCUT2D eigenvalue weighted by atomic mass is 10.0. The number of benzene rings is 1. The van der Waals surface area contributed by atoms with Gasteiger partial charge in [-0.05, 0) is 24.0 Å². The van der Waals surface area contributed by atoms with Crippen molar-refractivity contribution in [2.75, 3.05) is 18.8 Å². The molecule has 1 N–H and O–H groups in total. The number of carboxylic acids is 1. The summed E-state index contributed by atoms with van der Waals surface area (Å²) in [7, 11) is -3.69. The first-order valence-electron chi connectivity index (χ1n) is 5.75. The molecule has 2 rings (SSSR count). The third kappa shape index (κ3) is 2.88. The minimum absolute atomic E-state index is 0.354. The highest BCUT2D eigenvalue weighted by atomic mass is 32.2. The first-order chi connectivity index (χ1) is 8.49. The van der Waals surface area contributed by atoms with Crippen molar-refractivity contribution in [3.8, 4) is 0 Å². The second-order valence-electron chi connectivity index (χ2n) is 4.32. The number of fused-ring (bicyclic) bond motifs is 1. The van der Waals surface area contributed by atoms with Gasteiger partial charge in [0.05, 0.1) is 0 Å². The highest BCUT2D eigenvalue weighted by Gasteiger charge is 2.26. The zero-order valence-corrected chi connectivity index (χ0v) is 10.7. The molecule has 0 unspecified atom stereocenters. The maximum atomic E-state index is 11.8. The Hall–Kier alpha value is -1.40. The second-order valence-corrected chi connectivity index (χ2v) is 6.29. The number of nitrogens with zero attached hydrogens (tertiary/aromatic N) is 1. The van der Waals surface area contributed by atoms with Gasteiger partial charge in [0, 0.05) is 13.1 Å². The standard InChI is InChI=1S/C12H15NO4S/c14-12(15)9-18(16,17)13-7-5-10-3-1-2-4-11(10)6-8-13/h1-4H,5-9H2,(H,14,15). The van der Waals surface area contributed by atoms with Crippen LogP contribution in [-0.4, -0.2) is 42.6 Å². The quantitative estimate of drug-likeness (QED) is 0.867. The van der Waals surface area contributed by atoms with Crippen LogP contribution in [0.2, 0.25) is 0 Å². The molecule has 18 heavy (non-hydrogen) atoms. The largest absolute Gasteiger partial charge is 0.480 e. The predicted octanol–water partition coefficient (Wildman–Crippen LogP) is 0.502. The normalized spacial score (nSPS) is 16.9. The van der Waals surface area contributed by atoms with E-state index in [1.807, 2.05) is 24.3 Å². The molecule has 0 atom stereocenters. The van der Waals surface area contributed by atoms with Crippen molar-refractivity contribution in [1.82, 2.24) is 4.31 Å². The fourth-order valence-corrected chi connectivity index (χ4v) is 3.41. The van der Waals surface area contributed by atoms with Gasteiger partial charge in [-0.25, -0.2) is 12.7 Å². The summed E-state index contributed by atoms with van der Waals surface area (Å²) in [5.74, 6) is -2.14. The van der Waals surface area contributed by atoms with E-state index in [9.17, 15) is 13.2 Å². The van der Waals surface area contributed by atoms with Crippen LogP contribution in [0.1, 0.15) is 11.1 Å². The van der Waals surface area contributed by atoms with E-state index >= 15 is 0 Å². The second kappa shape index (κ2) is 5.07. The molecule has 1 aromatic carbocycles. The highest BCUT2D eigenvalue weighted by Crippen LogP contribution is 2.17. The van der Waals surface area contributed by atoms with Crippen LogP contribution in [0.25, 0.3) is 0 Å². The average molecular weight is 269 g/mol. The van der Waals surface area contributed by atoms with E-state index in [0.29, 0.717) is 25.9 Å². The third-order valence-corrected chi connectivity index (χ3v) is 4.84. The summed E-state index contributed by atoms with van der Waals surface area (Å²) in [6.45, 7) is 0.708. The van der Waals surface area contributed by atoms with E-state index in [1.165, 1.54) is 4.31 Å². The van der Waals surface area contributed by atoms with Gasteiger partial charge in [0.1, 0.15) is 0 Å². The summed E-state index contributed by atoms with van der Waals surface area (Å²) in [5, 5.41) is 8.62. The smallest absolute Gasteiger partial charge is 0.320 e. The molecule has 1 heterocycles. The first-order valence-corrected chi connectivity index (χ1v) is 7.36. The summed E-state index contributed by atoms with van der Waals surface area (Å²) in [5.41, 5.74) is 2.29. The summed E-state index contributed by atoms with van der Waals surface area (Å²) >= 11 is 0. The Bertz CT molecular complexity index is 526. The molecule has 1 aliphatic rings. The van der Waals surface area contributed by atoms with Crippen molar-refractivity contribution in [2.24, 2.45) is 0 Å². The lowest BCUT2D eigenvalue weighted by molar-refractivity contribution is -0.134. The molecule has 0 fully saturated rings. The Morgan fingerprint density at radius 1 is 1.17 bits per heavy atom. The lowest BCUT2D eigenvalue weighted by Gasteiger charge is -2.18. The molecular formula is C12H15NO4S. The van der Waals surface area contributed by atoms with Crippen LogP contribution in [0.3, 0.4) is 0 Å². The summed E-state index contributed by atoms with van der Waals surface area (Å²) in [4.78, 5) is 10.6. The zero-order valence-electron chi connectivity index (χ0n) is 9.87. The fraction of sp³-hybridized carbons (Fsp3) is 0.417. The van der Waals surface area contributed by atoms with Gasteiger partial charge < -0.3 is 5.11 Å². The number of aliphatic carboxylic acids is 1. The Balaban J connectivity index is 2.15.